The third kappa shape index (κ3) is 1.38. The summed E-state index contributed by atoms with van der Waals surface area (Å²) in [5, 5.41) is 13.8. The maximum Gasteiger partial charge on any atom is 0.132 e. The van der Waals surface area contributed by atoms with Crippen molar-refractivity contribution in [2.75, 3.05) is 0 Å². The van der Waals surface area contributed by atoms with Crippen molar-refractivity contribution in [3.8, 4) is 11.4 Å². The van der Waals surface area contributed by atoms with Gasteiger partial charge in [-0.25, -0.2) is 4.39 Å². The molecule has 13 heavy (non-hydrogen) atoms. The van der Waals surface area contributed by atoms with E-state index in [0.717, 1.165) is 0 Å². The second-order valence-corrected chi connectivity index (χ2v) is 2.71. The van der Waals surface area contributed by atoms with Crippen LogP contribution in [-0.2, 0) is 0 Å². The van der Waals surface area contributed by atoms with E-state index in [9.17, 15) is 4.39 Å². The molecule has 66 valence electrons. The van der Waals surface area contributed by atoms with Gasteiger partial charge in [0.25, 0.3) is 0 Å². The van der Waals surface area contributed by atoms with E-state index >= 15 is 0 Å². The lowest BCUT2D eigenvalue weighted by molar-refractivity contribution is 0.630. The summed E-state index contributed by atoms with van der Waals surface area (Å²) in [6.45, 7) is 0. The molecule has 4 nitrogen and oxygen atoms in total. The van der Waals surface area contributed by atoms with Crippen LogP contribution in [0.4, 0.5) is 4.39 Å². The number of nitrogens with zero attached hydrogens (tertiary/aromatic N) is 4. The van der Waals surface area contributed by atoms with Gasteiger partial charge in [-0.1, -0.05) is 17.7 Å². The van der Waals surface area contributed by atoms with Crippen LogP contribution in [0.15, 0.2) is 18.2 Å². The summed E-state index contributed by atoms with van der Waals surface area (Å²) in [6, 6.07) is 4.33. The summed E-state index contributed by atoms with van der Waals surface area (Å²) in [5.74, 6) is -0.384. The van der Waals surface area contributed by atoms with Crippen molar-refractivity contribution in [1.82, 2.24) is 20.6 Å². The predicted molar refractivity (Wildman–Crippen MR) is 43.6 cm³/mol. The second kappa shape index (κ2) is 3.10. The summed E-state index contributed by atoms with van der Waals surface area (Å²) in [7, 11) is 0. The Kier molecular flexibility index (Phi) is 1.94. The van der Waals surface area contributed by atoms with Gasteiger partial charge in [-0.3, -0.25) is 10.3 Å². The first kappa shape index (κ1) is 8.12. The van der Waals surface area contributed by atoms with E-state index in [2.05, 4.69) is 20.6 Å². The van der Waals surface area contributed by atoms with Crippen LogP contribution < -0.4 is 5.10 Å². The fourth-order valence-corrected chi connectivity index (χ4v) is 1.20. The van der Waals surface area contributed by atoms with Crippen LogP contribution in [-0.4, -0.2) is 15.5 Å². The van der Waals surface area contributed by atoms with Crippen LogP contribution in [0.1, 0.15) is 0 Å². The molecule has 6 heteroatoms. The highest BCUT2D eigenvalue weighted by molar-refractivity contribution is 6.33. The standard InChI is InChI=1S/C7H3ClFN4/c8-4-2-1-3-5(9)6(4)7-10-12-13-11-7/h1-3H/q-1. The zero-order chi connectivity index (χ0) is 9.26. The molecule has 0 amide bonds. The number of rotatable bonds is 1. The Morgan fingerprint density at radius 3 is 2.85 bits per heavy atom. The van der Waals surface area contributed by atoms with Crippen LogP contribution >= 0.6 is 11.6 Å². The van der Waals surface area contributed by atoms with Crippen LogP contribution in [0.2, 0.25) is 5.02 Å². The fraction of sp³-hybridized carbons (Fsp3) is 0. The van der Waals surface area contributed by atoms with Crippen molar-refractivity contribution in [2.24, 2.45) is 0 Å². The average molecular weight is 198 g/mol. The van der Waals surface area contributed by atoms with Gasteiger partial charge in [0.2, 0.25) is 0 Å². The number of hydrogen-bond donors (Lipinski definition) is 0. The van der Waals surface area contributed by atoms with Gasteiger partial charge in [-0.2, -0.15) is 5.21 Å². The molecule has 1 aromatic heterocycles. The van der Waals surface area contributed by atoms with Crippen LogP contribution in [0.3, 0.4) is 0 Å². The largest absolute Gasteiger partial charge is 0.330 e. The topological polar surface area (TPSA) is 52.8 Å². The summed E-state index contributed by atoms with van der Waals surface area (Å²) in [5.41, 5.74) is 0.133. The molecule has 0 fully saturated rings. The minimum absolute atomic E-state index is 0.100. The zero-order valence-corrected chi connectivity index (χ0v) is 7.03. The van der Waals surface area contributed by atoms with Gasteiger partial charge in [-0.15, -0.1) is 0 Å². The molecule has 1 heterocycles. The molecule has 0 bridgehead atoms. The van der Waals surface area contributed by atoms with E-state index < -0.39 is 5.82 Å². The van der Waals surface area contributed by atoms with E-state index in [4.69, 9.17) is 11.6 Å². The van der Waals surface area contributed by atoms with Crippen LogP contribution in [0.25, 0.3) is 11.4 Å². The number of halogens is 2. The average Bonchev–Trinajstić information content (AvgIpc) is 2.57. The molecule has 1 aromatic carbocycles. The van der Waals surface area contributed by atoms with Crippen molar-refractivity contribution >= 4 is 11.6 Å². The van der Waals surface area contributed by atoms with Gasteiger partial charge in [0.05, 0.1) is 5.02 Å². The molecule has 0 atom stereocenters. The van der Waals surface area contributed by atoms with Gasteiger partial charge < -0.3 is 5.10 Å². The van der Waals surface area contributed by atoms with Gasteiger partial charge in [0.15, 0.2) is 0 Å². The molecule has 0 radical (unpaired) electrons. The van der Waals surface area contributed by atoms with Crippen LogP contribution in [0, 0.1) is 5.82 Å². The van der Waals surface area contributed by atoms with Crippen molar-refractivity contribution in [3.63, 3.8) is 0 Å². The molecular formula is C7H3ClFN4-. The van der Waals surface area contributed by atoms with Gasteiger partial charge in [0.1, 0.15) is 5.82 Å². The Morgan fingerprint density at radius 2 is 2.23 bits per heavy atom. The van der Waals surface area contributed by atoms with E-state index in [1.54, 1.807) is 6.07 Å². The Hall–Kier alpha value is -1.49. The van der Waals surface area contributed by atoms with Crippen molar-refractivity contribution in [3.05, 3.63) is 29.0 Å². The van der Waals surface area contributed by atoms with Crippen molar-refractivity contribution in [1.29, 1.82) is 0 Å². The van der Waals surface area contributed by atoms with E-state index in [-0.39, 0.29) is 16.4 Å². The molecule has 0 saturated carbocycles. The normalized spacial score (nSPS) is 10.3. The van der Waals surface area contributed by atoms with E-state index in [0.29, 0.717) is 0 Å². The minimum Gasteiger partial charge on any atom is -0.330 e. The second-order valence-electron chi connectivity index (χ2n) is 2.30. The number of benzene rings is 1. The summed E-state index contributed by atoms with van der Waals surface area (Å²) < 4.78 is 13.2. The molecule has 0 saturated heterocycles. The maximum absolute atomic E-state index is 13.2. The Labute approximate surface area is 77.7 Å². The predicted octanol–water partition coefficient (Wildman–Crippen LogP) is 1.29. The first-order valence-electron chi connectivity index (χ1n) is 3.42. The summed E-state index contributed by atoms with van der Waals surface area (Å²) in [6.07, 6.45) is 0. The first-order chi connectivity index (χ1) is 6.29. The van der Waals surface area contributed by atoms with Crippen molar-refractivity contribution < 1.29 is 4.39 Å². The fourth-order valence-electron chi connectivity index (χ4n) is 0.956. The van der Waals surface area contributed by atoms with Gasteiger partial charge in [0, 0.05) is 11.4 Å². The van der Waals surface area contributed by atoms with Gasteiger partial charge in [-0.05, 0) is 12.1 Å². The van der Waals surface area contributed by atoms with E-state index in [1.165, 1.54) is 12.1 Å². The molecule has 0 aliphatic carbocycles. The highest BCUT2D eigenvalue weighted by atomic mass is 35.5. The highest BCUT2D eigenvalue weighted by Gasteiger charge is 2.07. The first-order valence-corrected chi connectivity index (χ1v) is 3.80. The molecule has 0 N–H and O–H groups in total. The minimum atomic E-state index is -0.484. The highest BCUT2D eigenvalue weighted by Crippen LogP contribution is 2.26. The molecule has 2 aromatic rings. The molecule has 0 unspecified atom stereocenters. The quantitative estimate of drug-likeness (QED) is 0.691. The zero-order valence-electron chi connectivity index (χ0n) is 6.28. The van der Waals surface area contributed by atoms with Crippen molar-refractivity contribution in [2.45, 2.75) is 0 Å². The summed E-state index contributed by atoms with van der Waals surface area (Å²) in [4.78, 5) is 0. The Morgan fingerprint density at radius 1 is 1.38 bits per heavy atom. The third-order valence-electron chi connectivity index (χ3n) is 1.51. The smallest absolute Gasteiger partial charge is 0.132 e. The van der Waals surface area contributed by atoms with E-state index in [1.807, 2.05) is 0 Å². The monoisotopic (exact) mass is 197 g/mol. The third-order valence-corrected chi connectivity index (χ3v) is 1.82. The Bertz CT molecular complexity index is 394. The molecule has 0 spiro atoms. The molecule has 2 rings (SSSR count). The lowest BCUT2D eigenvalue weighted by atomic mass is 10.2. The number of hydrogen-bond acceptors (Lipinski definition) is 3. The van der Waals surface area contributed by atoms with Crippen LogP contribution in [0.5, 0.6) is 0 Å². The number of tetrazole rings is 1. The molecular weight excluding hydrogens is 195 g/mol. The SMILES string of the molecule is Fc1cccc(Cl)c1-c1nnn[n-]1. The lowest BCUT2D eigenvalue weighted by Gasteiger charge is -2.03. The van der Waals surface area contributed by atoms with Gasteiger partial charge >= 0.3 is 0 Å². The molecule has 0 aliphatic heterocycles. The lowest BCUT2D eigenvalue weighted by Crippen LogP contribution is -1.89. The maximum atomic E-state index is 13.2. The molecule has 0 aliphatic rings. The summed E-state index contributed by atoms with van der Waals surface area (Å²) >= 11 is 5.75. The Balaban J connectivity index is 2.64. The number of aromatic nitrogens is 4.